The quantitative estimate of drug-likeness (QED) is 0.793. The highest BCUT2D eigenvalue weighted by Crippen LogP contribution is 2.24. The SMILES string of the molecule is CCC[C@H](NC(=O)C(C)(C)NC(=O)c1cccs1)c1cccs1. The van der Waals surface area contributed by atoms with Crippen molar-refractivity contribution in [3.63, 3.8) is 0 Å². The van der Waals surface area contributed by atoms with Gasteiger partial charge in [0.1, 0.15) is 5.54 Å². The van der Waals surface area contributed by atoms with Crippen LogP contribution in [0.4, 0.5) is 0 Å². The maximum atomic E-state index is 12.6. The smallest absolute Gasteiger partial charge is 0.262 e. The molecule has 2 N–H and O–H groups in total. The fourth-order valence-corrected chi connectivity index (χ4v) is 3.64. The van der Waals surface area contributed by atoms with Crippen molar-refractivity contribution < 1.29 is 9.59 Å². The summed E-state index contributed by atoms with van der Waals surface area (Å²) in [6.45, 7) is 5.55. The number of thiophene rings is 2. The van der Waals surface area contributed by atoms with Crippen LogP contribution in [0.5, 0.6) is 0 Å². The average Bonchev–Trinajstić information content (AvgIpc) is 3.19. The molecule has 0 aliphatic heterocycles. The van der Waals surface area contributed by atoms with Gasteiger partial charge in [0.05, 0.1) is 10.9 Å². The summed E-state index contributed by atoms with van der Waals surface area (Å²) in [6, 6.07) is 7.58. The molecule has 0 radical (unpaired) electrons. The Balaban J connectivity index is 2.03. The fourth-order valence-electron chi connectivity index (χ4n) is 2.21. The molecule has 0 spiro atoms. The first-order valence-electron chi connectivity index (χ1n) is 7.64. The lowest BCUT2D eigenvalue weighted by atomic mass is 10.0. The molecule has 0 aliphatic rings. The molecule has 0 aliphatic carbocycles. The minimum absolute atomic E-state index is 0.00888. The van der Waals surface area contributed by atoms with Crippen molar-refractivity contribution in [2.24, 2.45) is 0 Å². The van der Waals surface area contributed by atoms with Gasteiger partial charge in [-0.2, -0.15) is 0 Å². The molecular formula is C17H22N2O2S2. The monoisotopic (exact) mass is 350 g/mol. The Morgan fingerprint density at radius 3 is 2.43 bits per heavy atom. The average molecular weight is 351 g/mol. The summed E-state index contributed by atoms with van der Waals surface area (Å²) < 4.78 is 0. The molecule has 0 aromatic carbocycles. The lowest BCUT2D eigenvalue weighted by molar-refractivity contribution is -0.127. The molecule has 23 heavy (non-hydrogen) atoms. The van der Waals surface area contributed by atoms with Gasteiger partial charge < -0.3 is 10.6 Å². The number of carbonyl (C=O) groups excluding carboxylic acids is 2. The molecule has 0 bridgehead atoms. The van der Waals surface area contributed by atoms with Gasteiger partial charge in [-0.3, -0.25) is 9.59 Å². The second-order valence-corrected chi connectivity index (χ2v) is 7.81. The maximum Gasteiger partial charge on any atom is 0.262 e. The molecule has 2 aromatic rings. The van der Waals surface area contributed by atoms with Crippen LogP contribution < -0.4 is 10.6 Å². The molecular weight excluding hydrogens is 328 g/mol. The Morgan fingerprint density at radius 1 is 1.17 bits per heavy atom. The van der Waals surface area contributed by atoms with Crippen LogP contribution >= 0.6 is 22.7 Å². The first-order chi connectivity index (χ1) is 10.9. The number of carbonyl (C=O) groups is 2. The fraction of sp³-hybridized carbons (Fsp3) is 0.412. The van der Waals surface area contributed by atoms with E-state index >= 15 is 0 Å². The van der Waals surface area contributed by atoms with Gasteiger partial charge >= 0.3 is 0 Å². The Kier molecular flexibility index (Phi) is 5.96. The Bertz CT molecular complexity index is 634. The molecule has 1 atom stereocenters. The lowest BCUT2D eigenvalue weighted by Crippen LogP contribution is -2.55. The predicted octanol–water partition coefficient (Wildman–Crippen LogP) is 3.98. The van der Waals surface area contributed by atoms with Crippen molar-refractivity contribution in [3.8, 4) is 0 Å². The highest BCUT2D eigenvalue weighted by Gasteiger charge is 2.31. The molecule has 6 heteroatoms. The number of hydrogen-bond acceptors (Lipinski definition) is 4. The molecule has 0 saturated heterocycles. The zero-order valence-corrected chi connectivity index (χ0v) is 15.2. The van der Waals surface area contributed by atoms with Gasteiger partial charge in [0.25, 0.3) is 5.91 Å². The third-order valence-corrected chi connectivity index (χ3v) is 5.36. The number of nitrogens with one attached hydrogen (secondary N) is 2. The van der Waals surface area contributed by atoms with Crippen LogP contribution in [0.25, 0.3) is 0 Å². The molecule has 0 saturated carbocycles. The number of amides is 2. The summed E-state index contributed by atoms with van der Waals surface area (Å²) in [5.41, 5.74) is -0.968. The Morgan fingerprint density at radius 2 is 1.87 bits per heavy atom. The molecule has 2 heterocycles. The number of hydrogen-bond donors (Lipinski definition) is 2. The van der Waals surface area contributed by atoms with E-state index < -0.39 is 5.54 Å². The van der Waals surface area contributed by atoms with E-state index in [-0.39, 0.29) is 17.9 Å². The molecule has 124 valence electrons. The van der Waals surface area contributed by atoms with E-state index in [4.69, 9.17) is 0 Å². The van der Waals surface area contributed by atoms with Crippen molar-refractivity contribution >= 4 is 34.5 Å². The van der Waals surface area contributed by atoms with Gasteiger partial charge in [-0.05, 0) is 43.2 Å². The van der Waals surface area contributed by atoms with Crippen molar-refractivity contribution in [2.75, 3.05) is 0 Å². The van der Waals surface area contributed by atoms with Gasteiger partial charge in [-0.25, -0.2) is 0 Å². The van der Waals surface area contributed by atoms with Crippen LogP contribution in [0.2, 0.25) is 0 Å². The minimum atomic E-state index is -0.968. The van der Waals surface area contributed by atoms with Crippen LogP contribution in [0, 0.1) is 0 Å². The zero-order valence-electron chi connectivity index (χ0n) is 13.6. The third kappa shape index (κ3) is 4.65. The van der Waals surface area contributed by atoms with Crippen molar-refractivity contribution in [1.29, 1.82) is 0 Å². The van der Waals surface area contributed by atoms with Crippen molar-refractivity contribution in [1.82, 2.24) is 10.6 Å². The van der Waals surface area contributed by atoms with Gasteiger partial charge in [0, 0.05) is 4.88 Å². The molecule has 2 amide bonds. The zero-order chi connectivity index (χ0) is 16.9. The van der Waals surface area contributed by atoms with Crippen LogP contribution in [0.15, 0.2) is 35.0 Å². The Labute approximate surface area is 144 Å². The first kappa shape index (κ1) is 17.7. The largest absolute Gasteiger partial charge is 0.346 e. The van der Waals surface area contributed by atoms with Gasteiger partial charge in [0.15, 0.2) is 0 Å². The lowest BCUT2D eigenvalue weighted by Gasteiger charge is -2.28. The topological polar surface area (TPSA) is 58.2 Å². The first-order valence-corrected chi connectivity index (χ1v) is 9.40. The van der Waals surface area contributed by atoms with E-state index in [2.05, 4.69) is 17.6 Å². The van der Waals surface area contributed by atoms with Gasteiger partial charge in [0.2, 0.25) is 5.91 Å². The summed E-state index contributed by atoms with van der Waals surface area (Å²) >= 11 is 3.00. The van der Waals surface area contributed by atoms with E-state index in [1.807, 2.05) is 29.0 Å². The van der Waals surface area contributed by atoms with Gasteiger partial charge in [-0.15, -0.1) is 22.7 Å². The molecule has 2 aromatic heterocycles. The van der Waals surface area contributed by atoms with Crippen LogP contribution in [-0.2, 0) is 4.79 Å². The summed E-state index contributed by atoms with van der Waals surface area (Å²) in [5.74, 6) is -0.391. The highest BCUT2D eigenvalue weighted by atomic mass is 32.1. The molecule has 0 unspecified atom stereocenters. The summed E-state index contributed by atoms with van der Waals surface area (Å²) in [6.07, 6.45) is 1.85. The van der Waals surface area contributed by atoms with Crippen LogP contribution in [0.3, 0.4) is 0 Å². The summed E-state index contributed by atoms with van der Waals surface area (Å²) in [5, 5.41) is 9.74. The van der Waals surface area contributed by atoms with Crippen LogP contribution in [-0.4, -0.2) is 17.4 Å². The van der Waals surface area contributed by atoms with E-state index in [0.29, 0.717) is 4.88 Å². The van der Waals surface area contributed by atoms with Crippen molar-refractivity contribution in [2.45, 2.75) is 45.2 Å². The number of rotatable bonds is 7. The normalized spacial score (nSPS) is 12.7. The molecule has 4 nitrogen and oxygen atoms in total. The van der Waals surface area contributed by atoms with E-state index in [1.165, 1.54) is 11.3 Å². The van der Waals surface area contributed by atoms with E-state index in [9.17, 15) is 9.59 Å². The summed E-state index contributed by atoms with van der Waals surface area (Å²) in [4.78, 5) is 26.6. The minimum Gasteiger partial charge on any atom is -0.346 e. The van der Waals surface area contributed by atoms with Crippen molar-refractivity contribution in [3.05, 3.63) is 44.8 Å². The second kappa shape index (κ2) is 7.75. The highest BCUT2D eigenvalue weighted by molar-refractivity contribution is 7.12. The predicted molar refractivity (Wildman–Crippen MR) is 96.0 cm³/mol. The van der Waals surface area contributed by atoms with E-state index in [1.54, 1.807) is 31.3 Å². The third-order valence-electron chi connectivity index (χ3n) is 3.51. The Hall–Kier alpha value is -1.66. The summed E-state index contributed by atoms with van der Waals surface area (Å²) in [7, 11) is 0. The maximum absolute atomic E-state index is 12.6. The van der Waals surface area contributed by atoms with Gasteiger partial charge in [-0.1, -0.05) is 25.5 Å². The molecule has 2 rings (SSSR count). The second-order valence-electron chi connectivity index (χ2n) is 5.89. The standard InChI is InChI=1S/C17H22N2O2S2/c1-4-7-12(13-8-5-10-22-13)18-16(21)17(2,3)19-15(20)14-9-6-11-23-14/h5-6,8-12H,4,7H2,1-3H3,(H,18,21)(H,19,20)/t12-/m0/s1. The van der Waals surface area contributed by atoms with Crippen LogP contribution in [0.1, 0.15) is 54.2 Å². The molecule has 0 fully saturated rings. The van der Waals surface area contributed by atoms with E-state index in [0.717, 1.165) is 17.7 Å².